The molecule has 4 rings (SSSR count). The number of aryl methyl sites for hydroxylation is 2. The van der Waals surface area contributed by atoms with Crippen molar-refractivity contribution < 1.29 is 14.1 Å². The number of nitrogens with zero attached hydrogens (tertiary/aromatic N) is 3. The molecule has 6 nitrogen and oxygen atoms in total. The molecule has 0 aliphatic heterocycles. The van der Waals surface area contributed by atoms with Crippen molar-refractivity contribution in [1.82, 2.24) is 15.0 Å². The molecule has 7 heteroatoms. The Morgan fingerprint density at radius 3 is 2.77 bits per heavy atom. The Morgan fingerprint density at radius 1 is 1.19 bits per heavy atom. The van der Waals surface area contributed by atoms with E-state index in [2.05, 4.69) is 38.2 Å². The molecule has 31 heavy (non-hydrogen) atoms. The second-order valence-corrected chi connectivity index (χ2v) is 8.78. The van der Waals surface area contributed by atoms with Gasteiger partial charge in [-0.2, -0.15) is 4.98 Å². The van der Waals surface area contributed by atoms with Crippen LogP contribution in [0.25, 0.3) is 11.4 Å². The Balaban J connectivity index is 1.41. The Labute approximate surface area is 190 Å². The SMILES string of the molecule is CC[C@@H](Oc1ccc2c(c1)CCCC2)C(=O)N(C)Cc1nc(-c2cccc(Br)c2)no1. The molecule has 162 valence electrons. The van der Waals surface area contributed by atoms with E-state index in [9.17, 15) is 4.79 Å². The van der Waals surface area contributed by atoms with E-state index in [1.807, 2.05) is 37.3 Å². The van der Waals surface area contributed by atoms with Crippen LogP contribution >= 0.6 is 15.9 Å². The van der Waals surface area contributed by atoms with Crippen molar-refractivity contribution >= 4 is 21.8 Å². The summed E-state index contributed by atoms with van der Waals surface area (Å²) in [6.45, 7) is 2.18. The maximum atomic E-state index is 13.0. The predicted octanol–water partition coefficient (Wildman–Crippen LogP) is 5.19. The summed E-state index contributed by atoms with van der Waals surface area (Å²) in [5.41, 5.74) is 3.58. The minimum atomic E-state index is -0.556. The molecular weight excluding hydrogens is 458 g/mol. The first kappa shape index (κ1) is 21.6. The number of rotatable bonds is 7. The fourth-order valence-corrected chi connectivity index (χ4v) is 4.25. The Morgan fingerprint density at radius 2 is 2.00 bits per heavy atom. The number of halogens is 1. The molecule has 1 aliphatic carbocycles. The highest BCUT2D eigenvalue weighted by molar-refractivity contribution is 9.10. The minimum Gasteiger partial charge on any atom is -0.481 e. The van der Waals surface area contributed by atoms with Gasteiger partial charge in [-0.1, -0.05) is 46.2 Å². The summed E-state index contributed by atoms with van der Waals surface area (Å²) in [7, 11) is 1.73. The van der Waals surface area contributed by atoms with Crippen LogP contribution in [-0.2, 0) is 24.2 Å². The topological polar surface area (TPSA) is 68.5 Å². The number of ether oxygens (including phenoxy) is 1. The normalized spacial score (nSPS) is 14.0. The van der Waals surface area contributed by atoms with Crippen LogP contribution in [0.5, 0.6) is 5.75 Å². The lowest BCUT2D eigenvalue weighted by atomic mass is 9.92. The predicted molar refractivity (Wildman–Crippen MR) is 122 cm³/mol. The van der Waals surface area contributed by atoms with Crippen molar-refractivity contribution in [2.45, 2.75) is 51.7 Å². The summed E-state index contributed by atoms with van der Waals surface area (Å²) in [4.78, 5) is 19.0. The number of hydrogen-bond donors (Lipinski definition) is 0. The van der Waals surface area contributed by atoms with Crippen LogP contribution in [0.1, 0.15) is 43.2 Å². The zero-order chi connectivity index (χ0) is 21.8. The van der Waals surface area contributed by atoms with Crippen LogP contribution < -0.4 is 4.74 Å². The van der Waals surface area contributed by atoms with Crippen LogP contribution in [0.2, 0.25) is 0 Å². The van der Waals surface area contributed by atoms with Gasteiger partial charge in [-0.3, -0.25) is 4.79 Å². The molecule has 2 aromatic carbocycles. The second kappa shape index (κ2) is 9.64. The summed E-state index contributed by atoms with van der Waals surface area (Å²) in [5.74, 6) is 1.52. The number of carbonyl (C=O) groups is 1. The van der Waals surface area contributed by atoms with Gasteiger partial charge in [-0.25, -0.2) is 0 Å². The van der Waals surface area contributed by atoms with Gasteiger partial charge in [0, 0.05) is 17.1 Å². The summed E-state index contributed by atoms with van der Waals surface area (Å²) >= 11 is 3.44. The summed E-state index contributed by atoms with van der Waals surface area (Å²) in [6, 6.07) is 13.9. The van der Waals surface area contributed by atoms with Crippen LogP contribution in [0.4, 0.5) is 0 Å². The van der Waals surface area contributed by atoms with Crippen LogP contribution in [-0.4, -0.2) is 34.1 Å². The summed E-state index contributed by atoms with van der Waals surface area (Å²) < 4.78 is 12.4. The van der Waals surface area contributed by atoms with E-state index in [1.54, 1.807) is 11.9 Å². The zero-order valence-electron chi connectivity index (χ0n) is 17.8. The fourth-order valence-electron chi connectivity index (χ4n) is 3.85. The first-order valence-electron chi connectivity index (χ1n) is 10.7. The lowest BCUT2D eigenvalue weighted by Gasteiger charge is -2.24. The fraction of sp³-hybridized carbons (Fsp3) is 0.375. The molecule has 0 radical (unpaired) electrons. The van der Waals surface area contributed by atoms with Gasteiger partial charge in [0.15, 0.2) is 6.10 Å². The third-order valence-electron chi connectivity index (χ3n) is 5.54. The van der Waals surface area contributed by atoms with Crippen LogP contribution in [0.3, 0.4) is 0 Å². The van der Waals surface area contributed by atoms with Crippen molar-refractivity contribution in [3.8, 4) is 17.1 Å². The van der Waals surface area contributed by atoms with E-state index in [1.165, 1.54) is 24.0 Å². The first-order chi connectivity index (χ1) is 15.0. The molecule has 1 aliphatic rings. The molecule has 1 heterocycles. The van der Waals surface area contributed by atoms with Gasteiger partial charge in [0.2, 0.25) is 11.7 Å². The largest absolute Gasteiger partial charge is 0.481 e. The second-order valence-electron chi connectivity index (χ2n) is 7.87. The Bertz CT molecular complexity index is 1070. The summed E-state index contributed by atoms with van der Waals surface area (Å²) in [6.07, 6.45) is 4.68. The molecule has 0 fully saturated rings. The molecule has 1 amide bonds. The number of hydrogen-bond acceptors (Lipinski definition) is 5. The molecule has 0 unspecified atom stereocenters. The van der Waals surface area contributed by atoms with E-state index in [0.717, 1.165) is 28.6 Å². The van der Waals surface area contributed by atoms with Crippen molar-refractivity contribution in [3.63, 3.8) is 0 Å². The maximum Gasteiger partial charge on any atom is 0.263 e. The number of fused-ring (bicyclic) bond motifs is 1. The van der Waals surface area contributed by atoms with E-state index >= 15 is 0 Å². The minimum absolute atomic E-state index is 0.109. The highest BCUT2D eigenvalue weighted by atomic mass is 79.9. The van der Waals surface area contributed by atoms with Gasteiger partial charge in [0.05, 0.1) is 6.54 Å². The average Bonchev–Trinajstić information content (AvgIpc) is 3.25. The molecule has 1 atom stereocenters. The van der Waals surface area contributed by atoms with Crippen molar-refractivity contribution in [1.29, 1.82) is 0 Å². The van der Waals surface area contributed by atoms with E-state index in [4.69, 9.17) is 9.26 Å². The van der Waals surface area contributed by atoms with Gasteiger partial charge in [-0.05, 0) is 67.5 Å². The van der Waals surface area contributed by atoms with Crippen molar-refractivity contribution in [2.24, 2.45) is 0 Å². The Kier molecular flexibility index (Phi) is 6.70. The number of aromatic nitrogens is 2. The summed E-state index contributed by atoms with van der Waals surface area (Å²) in [5, 5.41) is 4.04. The van der Waals surface area contributed by atoms with Crippen LogP contribution in [0.15, 0.2) is 51.5 Å². The molecule has 0 N–H and O–H groups in total. The van der Waals surface area contributed by atoms with Gasteiger partial charge >= 0.3 is 0 Å². The van der Waals surface area contributed by atoms with Gasteiger partial charge in [0.1, 0.15) is 5.75 Å². The molecule has 1 aromatic heterocycles. The van der Waals surface area contributed by atoms with E-state index in [-0.39, 0.29) is 12.5 Å². The Hall–Kier alpha value is -2.67. The van der Waals surface area contributed by atoms with Crippen molar-refractivity contribution in [3.05, 3.63) is 64.0 Å². The first-order valence-corrected chi connectivity index (χ1v) is 11.4. The van der Waals surface area contributed by atoms with Crippen LogP contribution in [0, 0.1) is 0 Å². The highest BCUT2D eigenvalue weighted by Gasteiger charge is 2.24. The van der Waals surface area contributed by atoms with Crippen molar-refractivity contribution in [2.75, 3.05) is 7.05 Å². The lowest BCUT2D eigenvalue weighted by molar-refractivity contribution is -0.138. The average molecular weight is 484 g/mol. The smallest absolute Gasteiger partial charge is 0.263 e. The number of amides is 1. The van der Waals surface area contributed by atoms with E-state index < -0.39 is 6.10 Å². The van der Waals surface area contributed by atoms with Gasteiger partial charge in [-0.15, -0.1) is 0 Å². The standard InChI is InChI=1S/C24H26BrN3O3/c1-3-21(30-20-12-11-16-7-4-5-8-17(16)14-20)24(29)28(2)15-22-26-23(27-31-22)18-9-6-10-19(25)13-18/h6,9-14,21H,3-5,7-8,15H2,1-2H3/t21-/m1/s1. The number of likely N-dealkylation sites (N-methyl/N-ethyl adjacent to an activating group) is 1. The third kappa shape index (κ3) is 5.15. The molecular formula is C24H26BrN3O3. The third-order valence-corrected chi connectivity index (χ3v) is 6.04. The molecule has 0 bridgehead atoms. The number of carbonyl (C=O) groups excluding carboxylic acids is 1. The molecule has 0 saturated heterocycles. The molecule has 3 aromatic rings. The van der Waals surface area contributed by atoms with Gasteiger partial charge in [0.25, 0.3) is 5.91 Å². The monoisotopic (exact) mass is 483 g/mol. The van der Waals surface area contributed by atoms with Gasteiger partial charge < -0.3 is 14.2 Å². The maximum absolute atomic E-state index is 13.0. The molecule has 0 spiro atoms. The quantitative estimate of drug-likeness (QED) is 0.462. The van der Waals surface area contributed by atoms with E-state index in [0.29, 0.717) is 18.1 Å². The highest BCUT2D eigenvalue weighted by Crippen LogP contribution is 2.26. The lowest BCUT2D eigenvalue weighted by Crippen LogP contribution is -2.39. The number of benzene rings is 2. The zero-order valence-corrected chi connectivity index (χ0v) is 19.4. The molecule has 0 saturated carbocycles.